The second-order valence-electron chi connectivity index (χ2n) is 14.8. The lowest BCUT2D eigenvalue weighted by atomic mass is 10.00. The number of imide groups is 1. The highest BCUT2D eigenvalue weighted by molar-refractivity contribution is 7.15. The molecule has 0 spiro atoms. The molecule has 0 bridgehead atoms. The van der Waals surface area contributed by atoms with Crippen LogP contribution in [0.25, 0.3) is 15.8 Å². The number of carbonyl (C=O) groups is 3. The van der Waals surface area contributed by atoms with Gasteiger partial charge in [0, 0.05) is 52.1 Å². The topological polar surface area (TPSA) is 184 Å². The van der Waals surface area contributed by atoms with E-state index in [0.717, 1.165) is 43.9 Å². The van der Waals surface area contributed by atoms with Gasteiger partial charge >= 0.3 is 5.82 Å². The van der Waals surface area contributed by atoms with E-state index in [0.29, 0.717) is 73.4 Å². The Morgan fingerprint density at radius 3 is 2.47 bits per heavy atom. The first-order chi connectivity index (χ1) is 30.0. The maximum atomic E-state index is 13.3. The Kier molecular flexibility index (Phi) is 12.8. The number of thiophene rings is 1. The highest BCUT2D eigenvalue weighted by atomic mass is 35.5. The van der Waals surface area contributed by atoms with Crippen LogP contribution in [0.3, 0.4) is 0 Å². The van der Waals surface area contributed by atoms with Gasteiger partial charge in [-0.15, -0.1) is 4.68 Å². The van der Waals surface area contributed by atoms with Crippen molar-refractivity contribution in [3.8, 4) is 10.8 Å². The van der Waals surface area contributed by atoms with Crippen LogP contribution in [0.5, 0.6) is 5.75 Å². The lowest BCUT2D eigenvalue weighted by molar-refractivity contribution is -0.746. The van der Waals surface area contributed by atoms with Crippen molar-refractivity contribution in [2.45, 2.75) is 52.7 Å². The number of fused-ring (bicyclic) bond motifs is 4. The third-order valence-electron chi connectivity index (χ3n) is 10.6. The summed E-state index contributed by atoms with van der Waals surface area (Å²) in [7, 11) is 0. The van der Waals surface area contributed by atoms with Crippen LogP contribution in [-0.4, -0.2) is 82.5 Å². The summed E-state index contributed by atoms with van der Waals surface area (Å²) in [6, 6.07) is 19.4. The largest absolute Gasteiger partial charge is 0.491 e. The normalized spacial score (nSPS) is 14.8. The van der Waals surface area contributed by atoms with Crippen molar-refractivity contribution in [2.75, 3.05) is 50.2 Å². The van der Waals surface area contributed by atoms with Gasteiger partial charge in [0.15, 0.2) is 11.5 Å². The SMILES string of the molecule is Cc1sc2c(c1C)C(c1ccc(Cl)cc1)=NCc1n-2c(C)n[n+]1CC(=O)Nc1ccc(OCCOCCOCCNc2ccc3cnn(C4CCC(=O)NC4=O)c(=O)c3c2)cc1. The Labute approximate surface area is 365 Å². The summed E-state index contributed by atoms with van der Waals surface area (Å²) in [5, 5.41) is 20.2. The van der Waals surface area contributed by atoms with Gasteiger partial charge in [-0.05, 0) is 79.5 Å². The molecule has 1 atom stereocenters. The average molecular weight is 879 g/mol. The molecule has 2 aliphatic heterocycles. The number of amides is 3. The van der Waals surface area contributed by atoms with E-state index in [1.54, 1.807) is 58.6 Å². The van der Waals surface area contributed by atoms with Crippen molar-refractivity contribution in [3.05, 3.63) is 122 Å². The van der Waals surface area contributed by atoms with E-state index in [1.807, 2.05) is 37.3 Å². The zero-order valence-corrected chi connectivity index (χ0v) is 36.0. The van der Waals surface area contributed by atoms with E-state index >= 15 is 0 Å². The van der Waals surface area contributed by atoms with Crippen LogP contribution in [0.4, 0.5) is 11.4 Å². The van der Waals surface area contributed by atoms with E-state index in [4.69, 9.17) is 35.9 Å². The number of rotatable bonds is 16. The monoisotopic (exact) mass is 878 g/mol. The molecule has 18 heteroatoms. The number of aryl methyl sites for hydroxylation is 2. The van der Waals surface area contributed by atoms with Crippen molar-refractivity contribution in [1.82, 2.24) is 24.8 Å². The van der Waals surface area contributed by atoms with Gasteiger partial charge in [-0.1, -0.05) is 41.1 Å². The fourth-order valence-electron chi connectivity index (χ4n) is 7.42. The number of carbonyl (C=O) groups excluding carboxylic acids is 3. The molecule has 1 fully saturated rings. The molecule has 0 aliphatic carbocycles. The van der Waals surface area contributed by atoms with Crippen molar-refractivity contribution in [1.29, 1.82) is 0 Å². The summed E-state index contributed by atoms with van der Waals surface area (Å²) < 4.78 is 22.2. The number of ether oxygens (including phenoxy) is 3. The highest BCUT2D eigenvalue weighted by Gasteiger charge is 2.35. The van der Waals surface area contributed by atoms with Gasteiger partial charge in [-0.3, -0.25) is 29.5 Å². The van der Waals surface area contributed by atoms with E-state index in [9.17, 15) is 19.2 Å². The number of anilines is 2. The molecule has 2 aliphatic rings. The van der Waals surface area contributed by atoms with E-state index in [-0.39, 0.29) is 31.2 Å². The summed E-state index contributed by atoms with van der Waals surface area (Å²) in [4.78, 5) is 56.5. The molecular weight excluding hydrogens is 834 g/mol. The Morgan fingerprint density at radius 2 is 1.69 bits per heavy atom. The number of piperidine rings is 1. The minimum absolute atomic E-state index is 0.0189. The molecule has 16 nitrogen and oxygen atoms in total. The smallest absolute Gasteiger partial charge is 0.306 e. The number of hydrogen-bond acceptors (Lipinski definition) is 12. The molecule has 5 heterocycles. The van der Waals surface area contributed by atoms with Gasteiger partial charge in [-0.25, -0.2) is 4.68 Å². The number of nitrogens with one attached hydrogen (secondary N) is 3. The van der Waals surface area contributed by atoms with Crippen LogP contribution in [0.2, 0.25) is 5.02 Å². The summed E-state index contributed by atoms with van der Waals surface area (Å²) in [5.74, 6) is 1.14. The van der Waals surface area contributed by atoms with Crippen LogP contribution in [-0.2, 0) is 36.9 Å². The molecule has 3 N–H and O–H groups in total. The van der Waals surface area contributed by atoms with Crippen LogP contribution in [0.1, 0.15) is 52.1 Å². The third-order valence-corrected chi connectivity index (χ3v) is 12.1. The van der Waals surface area contributed by atoms with Gasteiger partial charge < -0.3 is 24.8 Å². The van der Waals surface area contributed by atoms with Crippen molar-refractivity contribution in [2.24, 2.45) is 4.99 Å². The molecule has 6 aromatic rings. The van der Waals surface area contributed by atoms with Crippen LogP contribution >= 0.6 is 22.9 Å². The quantitative estimate of drug-likeness (QED) is 0.0680. The zero-order valence-electron chi connectivity index (χ0n) is 34.4. The number of nitrogens with zero attached hydrogens (tertiary/aromatic N) is 6. The summed E-state index contributed by atoms with van der Waals surface area (Å²) in [5.41, 5.74) is 5.08. The van der Waals surface area contributed by atoms with Crippen molar-refractivity contribution < 1.29 is 33.3 Å². The molecule has 0 saturated carbocycles. The maximum Gasteiger partial charge on any atom is 0.306 e. The number of halogens is 1. The minimum atomic E-state index is -0.823. The van der Waals surface area contributed by atoms with Crippen LogP contribution < -0.4 is 30.9 Å². The molecule has 3 amide bonds. The summed E-state index contributed by atoms with van der Waals surface area (Å²) in [6.45, 7) is 8.93. The first kappa shape index (κ1) is 42.4. The molecular formula is C44H45ClN9O7S+. The minimum Gasteiger partial charge on any atom is -0.491 e. The number of hydrogen-bond donors (Lipinski definition) is 3. The molecule has 0 radical (unpaired) electrons. The van der Waals surface area contributed by atoms with Gasteiger partial charge in [-0.2, -0.15) is 9.67 Å². The fraction of sp³-hybridized carbons (Fsp3) is 0.318. The second-order valence-corrected chi connectivity index (χ2v) is 16.5. The first-order valence-electron chi connectivity index (χ1n) is 20.2. The number of aromatic nitrogens is 5. The lowest BCUT2D eigenvalue weighted by Gasteiger charge is -2.21. The highest BCUT2D eigenvalue weighted by Crippen LogP contribution is 2.36. The van der Waals surface area contributed by atoms with Gasteiger partial charge in [0.2, 0.25) is 11.7 Å². The number of aliphatic imine (C=N–C) groups is 1. The standard InChI is InChI=1S/C44H44ClN9O7S/c1-26-27(2)62-44-40(26)41(29-4-7-31(45)8-5-29)47-24-39-52(51-28(3)53(39)44)25-38(56)49-32-10-12-34(13-11-32)61-21-20-60-19-18-59-17-16-46-33-9-6-30-23-48-54(43(58)35(30)22-33)36-14-15-37(55)50-42(36)57/h4-13,22-23,36H,14-21,24-25H2,1-3H3,(H2-,46,48,49,50,55,56,57)/p+1. The zero-order chi connectivity index (χ0) is 43.3. The molecule has 3 aromatic carbocycles. The Bertz CT molecular complexity index is 2750. The van der Waals surface area contributed by atoms with Crippen molar-refractivity contribution in [3.63, 3.8) is 0 Å². The molecule has 3 aromatic heterocycles. The molecule has 320 valence electrons. The van der Waals surface area contributed by atoms with E-state index in [1.165, 1.54) is 10.4 Å². The lowest BCUT2D eigenvalue weighted by Crippen LogP contribution is -2.45. The third kappa shape index (κ3) is 9.30. The van der Waals surface area contributed by atoms with Gasteiger partial charge in [0.25, 0.3) is 17.4 Å². The number of benzene rings is 3. The molecule has 8 rings (SSSR count). The van der Waals surface area contributed by atoms with E-state index in [2.05, 4.69) is 39.5 Å². The predicted octanol–water partition coefficient (Wildman–Crippen LogP) is 5.00. The molecule has 62 heavy (non-hydrogen) atoms. The van der Waals surface area contributed by atoms with Crippen molar-refractivity contribution >= 4 is 68.5 Å². The Balaban J connectivity index is 0.750. The fourth-order valence-corrected chi connectivity index (χ4v) is 8.77. The first-order valence-corrected chi connectivity index (χ1v) is 21.4. The molecule has 1 unspecified atom stereocenters. The van der Waals surface area contributed by atoms with Crippen LogP contribution in [0, 0.1) is 20.8 Å². The summed E-state index contributed by atoms with van der Waals surface area (Å²) >= 11 is 7.89. The Morgan fingerprint density at radius 1 is 0.952 bits per heavy atom. The van der Waals surface area contributed by atoms with Gasteiger partial charge in [0.1, 0.15) is 24.9 Å². The van der Waals surface area contributed by atoms with E-state index < -0.39 is 17.5 Å². The average Bonchev–Trinajstić information content (AvgIpc) is 3.64. The second kappa shape index (κ2) is 18.8. The summed E-state index contributed by atoms with van der Waals surface area (Å²) in [6.07, 6.45) is 1.93. The Hall–Kier alpha value is -6.27. The maximum absolute atomic E-state index is 13.3. The van der Waals surface area contributed by atoms with Gasteiger partial charge in [0.05, 0.1) is 49.3 Å². The predicted molar refractivity (Wildman–Crippen MR) is 235 cm³/mol. The van der Waals surface area contributed by atoms with Crippen LogP contribution in [0.15, 0.2) is 82.7 Å². The molecule has 1 saturated heterocycles.